The summed E-state index contributed by atoms with van der Waals surface area (Å²) in [5, 5.41) is 0. The van der Waals surface area contributed by atoms with Crippen LogP contribution in [-0.4, -0.2) is 82.6 Å². The van der Waals surface area contributed by atoms with E-state index >= 15 is 0 Å². The van der Waals surface area contributed by atoms with Crippen LogP contribution in [0.5, 0.6) is 0 Å². The fraction of sp³-hybridized carbons (Fsp3) is 0.400. The highest BCUT2D eigenvalue weighted by atomic mass is 32.2. The van der Waals surface area contributed by atoms with E-state index in [1.54, 1.807) is 57.2 Å². The normalized spacial score (nSPS) is 23.5. The van der Waals surface area contributed by atoms with Crippen LogP contribution in [-0.2, 0) is 61.9 Å². The first-order chi connectivity index (χ1) is 21.7. The SMILES string of the molecule is Cc1ccc(S(=O)(=O)OC([C@H]2OCOC[C@H]2OS(=O)(=O)c2ccc(C)cc2)[C@@H]2OCOC[C@H]2OS(=O)(=O)c2ccc(C)cc2)cc1. The molecule has 1 unspecified atom stereocenters. The minimum atomic E-state index is -4.57. The van der Waals surface area contributed by atoms with Crippen molar-refractivity contribution in [3.8, 4) is 0 Å². The number of ether oxygens (including phenoxy) is 4. The van der Waals surface area contributed by atoms with E-state index in [0.29, 0.717) is 0 Å². The van der Waals surface area contributed by atoms with Crippen molar-refractivity contribution in [3.63, 3.8) is 0 Å². The number of hydrogen-bond donors (Lipinski definition) is 0. The van der Waals surface area contributed by atoms with Gasteiger partial charge in [-0.15, -0.1) is 0 Å². The fourth-order valence-electron chi connectivity index (χ4n) is 4.81. The Kier molecular flexibility index (Phi) is 10.6. The van der Waals surface area contributed by atoms with E-state index in [-0.39, 0.29) is 41.5 Å². The van der Waals surface area contributed by atoms with Gasteiger partial charge < -0.3 is 18.9 Å². The van der Waals surface area contributed by atoms with Crippen molar-refractivity contribution < 1.29 is 56.8 Å². The lowest BCUT2D eigenvalue weighted by Gasteiger charge is -2.41. The van der Waals surface area contributed by atoms with E-state index in [1.165, 1.54) is 36.4 Å². The van der Waals surface area contributed by atoms with Crippen LogP contribution in [0, 0.1) is 20.8 Å². The highest BCUT2D eigenvalue weighted by Gasteiger charge is 2.49. The van der Waals surface area contributed by atoms with Crippen LogP contribution < -0.4 is 0 Å². The average Bonchev–Trinajstić information content (AvgIpc) is 3.01. The topological polar surface area (TPSA) is 167 Å². The highest BCUT2D eigenvalue weighted by Crippen LogP contribution is 2.32. The second-order valence-corrected chi connectivity index (χ2v) is 15.6. The summed E-state index contributed by atoms with van der Waals surface area (Å²) in [6.07, 6.45) is -7.52. The standard InChI is InChI=1S/C30H34O13S3/c1-20-4-10-23(11-5-20)44(31,32)41-26-16-37-18-39-28(26)30(43-46(35,36)25-14-8-22(3)9-15-25)29-27(17-38-19-40-29)42-45(33,34)24-12-6-21(2)7-13-24/h4-15,26-30H,16-19H2,1-3H3/t26-,27-,28-,29+,30?/m1/s1. The maximum absolute atomic E-state index is 13.6. The Hall–Kier alpha value is -2.77. The molecular weight excluding hydrogens is 665 g/mol. The van der Waals surface area contributed by atoms with Crippen molar-refractivity contribution in [1.29, 1.82) is 0 Å². The minimum absolute atomic E-state index is 0.153. The lowest BCUT2D eigenvalue weighted by atomic mass is 9.98. The van der Waals surface area contributed by atoms with Crippen molar-refractivity contribution in [1.82, 2.24) is 0 Å². The zero-order chi connectivity index (χ0) is 33.1. The smallest absolute Gasteiger partial charge is 0.297 e. The van der Waals surface area contributed by atoms with Crippen LogP contribution in [0.2, 0.25) is 0 Å². The molecule has 46 heavy (non-hydrogen) atoms. The van der Waals surface area contributed by atoms with Gasteiger partial charge in [0.2, 0.25) is 0 Å². The van der Waals surface area contributed by atoms with Crippen LogP contribution in [0.15, 0.2) is 87.5 Å². The van der Waals surface area contributed by atoms with Crippen molar-refractivity contribution >= 4 is 30.4 Å². The van der Waals surface area contributed by atoms with Crippen molar-refractivity contribution in [2.24, 2.45) is 0 Å². The monoisotopic (exact) mass is 698 g/mol. The van der Waals surface area contributed by atoms with Gasteiger partial charge in [-0.2, -0.15) is 25.3 Å². The average molecular weight is 699 g/mol. The molecule has 2 aliphatic rings. The third-order valence-corrected chi connectivity index (χ3v) is 11.3. The van der Waals surface area contributed by atoms with Gasteiger partial charge in [-0.1, -0.05) is 53.1 Å². The molecule has 2 saturated heterocycles. The molecule has 5 rings (SSSR count). The number of benzene rings is 3. The van der Waals surface area contributed by atoms with Crippen molar-refractivity contribution in [2.45, 2.75) is 66.0 Å². The molecule has 0 spiro atoms. The van der Waals surface area contributed by atoms with E-state index < -0.39 is 60.9 Å². The quantitative estimate of drug-likeness (QED) is 0.269. The zero-order valence-corrected chi connectivity index (χ0v) is 27.6. The molecule has 250 valence electrons. The molecule has 16 heteroatoms. The van der Waals surface area contributed by atoms with Gasteiger partial charge >= 0.3 is 0 Å². The first-order valence-electron chi connectivity index (χ1n) is 14.1. The first kappa shape index (κ1) is 34.6. The molecule has 5 atom stereocenters. The molecular formula is C30H34O13S3. The van der Waals surface area contributed by atoms with Gasteiger partial charge in [0.15, 0.2) is 0 Å². The van der Waals surface area contributed by atoms with E-state index in [4.69, 9.17) is 31.5 Å². The molecule has 3 aromatic rings. The van der Waals surface area contributed by atoms with E-state index in [0.717, 1.165) is 16.7 Å². The number of aryl methyl sites for hydroxylation is 3. The summed E-state index contributed by atoms with van der Waals surface area (Å²) in [7, 11) is -13.4. The summed E-state index contributed by atoms with van der Waals surface area (Å²) in [5.74, 6) is 0. The van der Waals surface area contributed by atoms with Crippen LogP contribution in [0.4, 0.5) is 0 Å². The van der Waals surface area contributed by atoms with E-state index in [9.17, 15) is 25.3 Å². The molecule has 0 radical (unpaired) electrons. The van der Waals surface area contributed by atoms with Crippen LogP contribution in [0.25, 0.3) is 0 Å². The molecule has 2 heterocycles. The molecule has 0 aromatic heterocycles. The van der Waals surface area contributed by atoms with Gasteiger partial charge in [0.25, 0.3) is 30.4 Å². The maximum Gasteiger partial charge on any atom is 0.297 e. The molecule has 0 N–H and O–H groups in total. The molecule has 0 bridgehead atoms. The van der Waals surface area contributed by atoms with Gasteiger partial charge in [0, 0.05) is 0 Å². The second-order valence-electron chi connectivity index (χ2n) is 10.9. The zero-order valence-electron chi connectivity index (χ0n) is 25.2. The molecule has 13 nitrogen and oxygen atoms in total. The van der Waals surface area contributed by atoms with Gasteiger partial charge in [0.05, 0.1) is 27.9 Å². The summed E-state index contributed by atoms with van der Waals surface area (Å²) in [6.45, 7) is 3.92. The van der Waals surface area contributed by atoms with Crippen LogP contribution in [0.1, 0.15) is 16.7 Å². The lowest BCUT2D eigenvalue weighted by Crippen LogP contribution is -2.59. The van der Waals surface area contributed by atoms with Gasteiger partial charge in [-0.3, -0.25) is 12.5 Å². The Morgan fingerprint density at radius 3 is 1.22 bits per heavy atom. The second kappa shape index (κ2) is 14.1. The van der Waals surface area contributed by atoms with Crippen molar-refractivity contribution in [3.05, 3.63) is 89.5 Å². The van der Waals surface area contributed by atoms with Crippen LogP contribution >= 0.6 is 0 Å². The fourth-order valence-corrected chi connectivity index (χ4v) is 8.05. The molecule has 0 saturated carbocycles. The number of hydrogen-bond acceptors (Lipinski definition) is 13. The maximum atomic E-state index is 13.6. The summed E-state index contributed by atoms with van der Waals surface area (Å²) < 4.78 is 119. The molecule has 0 aliphatic carbocycles. The molecule has 2 fully saturated rings. The largest absolute Gasteiger partial charge is 0.353 e. The summed E-state index contributed by atoms with van der Waals surface area (Å²) in [4.78, 5) is -0.517. The Morgan fingerprint density at radius 2 is 0.870 bits per heavy atom. The first-order valence-corrected chi connectivity index (χ1v) is 18.4. The Balaban J connectivity index is 1.51. The predicted molar refractivity (Wildman–Crippen MR) is 161 cm³/mol. The van der Waals surface area contributed by atoms with Gasteiger partial charge in [0.1, 0.15) is 44.1 Å². The Bertz CT molecular complexity index is 1710. The van der Waals surface area contributed by atoms with Gasteiger partial charge in [-0.25, -0.2) is 0 Å². The molecule has 3 aromatic carbocycles. The minimum Gasteiger partial charge on any atom is -0.353 e. The summed E-state index contributed by atoms with van der Waals surface area (Å²) in [5.41, 5.74) is 2.43. The van der Waals surface area contributed by atoms with Gasteiger partial charge in [-0.05, 0) is 57.2 Å². The lowest BCUT2D eigenvalue weighted by molar-refractivity contribution is -0.257. The van der Waals surface area contributed by atoms with Crippen molar-refractivity contribution in [2.75, 3.05) is 26.8 Å². The summed E-state index contributed by atoms with van der Waals surface area (Å²) >= 11 is 0. The summed E-state index contributed by atoms with van der Waals surface area (Å²) in [6, 6.07) is 17.6. The Labute approximate surface area is 268 Å². The third kappa shape index (κ3) is 8.20. The molecule has 0 amide bonds. The van der Waals surface area contributed by atoms with Crippen LogP contribution in [0.3, 0.4) is 0 Å². The van der Waals surface area contributed by atoms with E-state index in [1.807, 2.05) is 0 Å². The highest BCUT2D eigenvalue weighted by molar-refractivity contribution is 7.87. The predicted octanol–water partition coefficient (Wildman–Crippen LogP) is 2.98. The van der Waals surface area contributed by atoms with E-state index in [2.05, 4.69) is 0 Å². The Morgan fingerprint density at radius 1 is 0.543 bits per heavy atom. The molecule has 2 aliphatic heterocycles. The number of rotatable bonds is 11. The third-order valence-electron chi connectivity index (χ3n) is 7.30.